The molecule has 0 spiro atoms. The fourth-order valence-electron chi connectivity index (χ4n) is 1.84. The third-order valence-corrected chi connectivity index (χ3v) is 3.07. The van der Waals surface area contributed by atoms with Crippen LogP contribution in [0.2, 0.25) is 10.4 Å². The van der Waals surface area contributed by atoms with Gasteiger partial charge in [0.15, 0.2) is 0 Å². The highest BCUT2D eigenvalue weighted by Crippen LogP contribution is 2.21. The first-order chi connectivity index (χ1) is 8.04. The lowest BCUT2D eigenvalue weighted by molar-refractivity contribution is -0.0834. The molecule has 2 heterocycles. The predicted octanol–water partition coefficient (Wildman–Crippen LogP) is 2.39. The topological polar surface area (TPSA) is 38.2 Å². The Kier molecular flexibility index (Phi) is 4.20. The minimum absolute atomic E-state index is 0.184. The van der Waals surface area contributed by atoms with Gasteiger partial charge in [0.2, 0.25) is 5.28 Å². The Balaban J connectivity index is 1.83. The molecule has 94 valence electrons. The molecule has 4 nitrogen and oxygen atoms in total. The number of halogens is 2. The molecule has 1 fully saturated rings. The van der Waals surface area contributed by atoms with Crippen molar-refractivity contribution in [2.24, 2.45) is 0 Å². The smallest absolute Gasteiger partial charge is 0.223 e. The van der Waals surface area contributed by atoms with Gasteiger partial charge in [0, 0.05) is 31.4 Å². The van der Waals surface area contributed by atoms with Crippen LogP contribution >= 0.6 is 23.2 Å². The summed E-state index contributed by atoms with van der Waals surface area (Å²) in [7, 11) is 0. The summed E-state index contributed by atoms with van der Waals surface area (Å²) in [6.07, 6.45) is 2.29. The van der Waals surface area contributed by atoms with E-state index in [0.29, 0.717) is 11.3 Å². The Hall–Kier alpha value is -0.420. The highest BCUT2D eigenvalue weighted by Gasteiger charge is 2.28. The summed E-state index contributed by atoms with van der Waals surface area (Å²) in [5.74, 6) is 0. The number of likely N-dealkylation sites (tertiary alicyclic amines) is 1. The van der Waals surface area contributed by atoms with E-state index in [-0.39, 0.29) is 11.4 Å². The van der Waals surface area contributed by atoms with Gasteiger partial charge in [-0.2, -0.15) is 0 Å². The van der Waals surface area contributed by atoms with Gasteiger partial charge in [-0.25, -0.2) is 9.97 Å². The number of hydrogen-bond acceptors (Lipinski definition) is 4. The lowest BCUT2D eigenvalue weighted by Gasteiger charge is -2.39. The molecule has 0 aromatic carbocycles. The van der Waals surface area contributed by atoms with Gasteiger partial charge in [-0.3, -0.25) is 4.90 Å². The monoisotopic (exact) mass is 275 g/mol. The Morgan fingerprint density at radius 3 is 2.76 bits per heavy atom. The molecule has 0 aliphatic carbocycles. The molecule has 0 N–H and O–H groups in total. The van der Waals surface area contributed by atoms with E-state index in [1.807, 2.05) is 13.8 Å². The van der Waals surface area contributed by atoms with Crippen LogP contribution in [0.15, 0.2) is 6.20 Å². The van der Waals surface area contributed by atoms with E-state index in [0.717, 1.165) is 25.2 Å². The largest absolute Gasteiger partial charge is 0.373 e. The number of nitrogens with zero attached hydrogens (tertiary/aromatic N) is 3. The summed E-state index contributed by atoms with van der Waals surface area (Å²) in [6, 6.07) is 0. The normalized spacial score (nSPS) is 17.5. The highest BCUT2D eigenvalue weighted by molar-refractivity contribution is 6.32. The van der Waals surface area contributed by atoms with Crippen molar-refractivity contribution in [3.63, 3.8) is 0 Å². The second-order valence-electron chi connectivity index (χ2n) is 4.46. The molecule has 0 bridgehead atoms. The van der Waals surface area contributed by atoms with Crippen molar-refractivity contribution in [1.29, 1.82) is 0 Å². The average Bonchev–Trinajstić information content (AvgIpc) is 2.17. The molecule has 6 heteroatoms. The van der Waals surface area contributed by atoms with Crippen molar-refractivity contribution in [2.45, 2.75) is 32.6 Å². The van der Waals surface area contributed by atoms with E-state index in [1.165, 1.54) is 0 Å². The zero-order valence-electron chi connectivity index (χ0n) is 9.86. The first-order valence-corrected chi connectivity index (χ1v) is 6.35. The lowest BCUT2D eigenvalue weighted by atomic mass is 10.1. The van der Waals surface area contributed by atoms with Crippen LogP contribution in [0.5, 0.6) is 0 Å². The zero-order valence-corrected chi connectivity index (χ0v) is 11.4. The first kappa shape index (κ1) is 13.0. The number of rotatable bonds is 4. The lowest BCUT2D eigenvalue weighted by Crippen LogP contribution is -2.52. The molecule has 0 atom stereocenters. The molecule has 0 amide bonds. The van der Waals surface area contributed by atoms with E-state index in [1.54, 1.807) is 6.20 Å². The number of hydrogen-bond donors (Lipinski definition) is 0. The van der Waals surface area contributed by atoms with Gasteiger partial charge in [-0.15, -0.1) is 0 Å². The molecule has 2 rings (SSSR count). The van der Waals surface area contributed by atoms with Crippen LogP contribution in [-0.2, 0) is 11.3 Å². The molecule has 0 saturated carbocycles. The van der Waals surface area contributed by atoms with Crippen LogP contribution in [-0.4, -0.2) is 40.2 Å². The van der Waals surface area contributed by atoms with E-state index >= 15 is 0 Å². The van der Waals surface area contributed by atoms with Crippen molar-refractivity contribution in [2.75, 3.05) is 13.1 Å². The summed E-state index contributed by atoms with van der Waals surface area (Å²) in [5.41, 5.74) is 0.902. The molecule has 1 aliphatic heterocycles. The molecule has 1 aromatic rings. The van der Waals surface area contributed by atoms with Gasteiger partial charge in [0.1, 0.15) is 5.15 Å². The maximum Gasteiger partial charge on any atom is 0.223 e. The van der Waals surface area contributed by atoms with Gasteiger partial charge < -0.3 is 4.74 Å². The summed E-state index contributed by atoms with van der Waals surface area (Å²) < 4.78 is 5.68. The molecular weight excluding hydrogens is 261 g/mol. The average molecular weight is 276 g/mol. The van der Waals surface area contributed by atoms with Crippen molar-refractivity contribution in [3.05, 3.63) is 22.2 Å². The minimum Gasteiger partial charge on any atom is -0.373 e. The van der Waals surface area contributed by atoms with E-state index < -0.39 is 0 Å². The van der Waals surface area contributed by atoms with Crippen LogP contribution in [0.3, 0.4) is 0 Å². The van der Waals surface area contributed by atoms with Crippen LogP contribution in [0.25, 0.3) is 0 Å². The Morgan fingerprint density at radius 1 is 1.47 bits per heavy atom. The molecule has 0 radical (unpaired) electrons. The maximum absolute atomic E-state index is 5.98. The number of aromatic nitrogens is 2. The van der Waals surface area contributed by atoms with Gasteiger partial charge in [-0.05, 0) is 25.4 Å². The second-order valence-corrected chi connectivity index (χ2v) is 5.15. The van der Waals surface area contributed by atoms with E-state index in [2.05, 4.69) is 14.9 Å². The van der Waals surface area contributed by atoms with E-state index in [9.17, 15) is 0 Å². The molecular formula is C11H15Cl2N3O. The molecule has 1 saturated heterocycles. The van der Waals surface area contributed by atoms with Crippen LogP contribution < -0.4 is 0 Å². The SMILES string of the molecule is CC(C)OC1CN(Cc2cnc(Cl)nc2Cl)C1. The Labute approximate surface area is 111 Å². The van der Waals surface area contributed by atoms with Gasteiger partial charge >= 0.3 is 0 Å². The maximum atomic E-state index is 5.98. The van der Waals surface area contributed by atoms with Crippen molar-refractivity contribution < 1.29 is 4.74 Å². The van der Waals surface area contributed by atoms with Crippen LogP contribution in [0, 0.1) is 0 Å². The summed E-state index contributed by atoms with van der Waals surface area (Å²) in [4.78, 5) is 10.1. The standard InChI is InChI=1S/C11H15Cl2N3O/c1-7(2)17-9-5-16(6-9)4-8-3-14-11(13)15-10(8)12/h3,7,9H,4-6H2,1-2H3. The summed E-state index contributed by atoms with van der Waals surface area (Å²) in [6.45, 7) is 6.70. The Morgan fingerprint density at radius 2 is 2.18 bits per heavy atom. The zero-order chi connectivity index (χ0) is 12.4. The quantitative estimate of drug-likeness (QED) is 0.625. The highest BCUT2D eigenvalue weighted by atomic mass is 35.5. The van der Waals surface area contributed by atoms with Crippen LogP contribution in [0.1, 0.15) is 19.4 Å². The molecule has 1 aromatic heterocycles. The second kappa shape index (κ2) is 5.48. The molecule has 0 unspecified atom stereocenters. The third kappa shape index (κ3) is 3.52. The van der Waals surface area contributed by atoms with E-state index in [4.69, 9.17) is 27.9 Å². The van der Waals surface area contributed by atoms with Gasteiger partial charge in [-0.1, -0.05) is 11.6 Å². The molecule has 1 aliphatic rings. The fourth-order valence-corrected chi connectivity index (χ4v) is 2.20. The van der Waals surface area contributed by atoms with Crippen molar-refractivity contribution in [3.8, 4) is 0 Å². The minimum atomic E-state index is 0.184. The first-order valence-electron chi connectivity index (χ1n) is 5.59. The Bertz CT molecular complexity index is 394. The van der Waals surface area contributed by atoms with Gasteiger partial charge in [0.05, 0.1) is 12.2 Å². The predicted molar refractivity (Wildman–Crippen MR) is 67.3 cm³/mol. The van der Waals surface area contributed by atoms with Gasteiger partial charge in [0.25, 0.3) is 0 Å². The van der Waals surface area contributed by atoms with Crippen molar-refractivity contribution >= 4 is 23.2 Å². The van der Waals surface area contributed by atoms with Crippen molar-refractivity contribution in [1.82, 2.24) is 14.9 Å². The third-order valence-electron chi connectivity index (χ3n) is 2.56. The summed E-state index contributed by atoms with van der Waals surface area (Å²) in [5, 5.41) is 0.613. The molecule has 17 heavy (non-hydrogen) atoms. The fraction of sp³-hybridized carbons (Fsp3) is 0.636. The van der Waals surface area contributed by atoms with Crippen LogP contribution in [0.4, 0.5) is 0 Å². The number of ether oxygens (including phenoxy) is 1. The summed E-state index contributed by atoms with van der Waals surface area (Å²) >= 11 is 11.6.